The first-order valence-corrected chi connectivity index (χ1v) is 14.2. The topological polar surface area (TPSA) is 35.5 Å². The highest BCUT2D eigenvalue weighted by Crippen LogP contribution is 2.25. The molecule has 2 atom stereocenters. The molecular weight excluding hydrogens is 446 g/mol. The minimum atomic E-state index is -0.549. The molecular formula is C32H50NO3+. The lowest BCUT2D eigenvalue weighted by molar-refractivity contribution is -0.906. The van der Waals surface area contributed by atoms with E-state index in [2.05, 4.69) is 71.3 Å². The third kappa shape index (κ3) is 11.2. The van der Waals surface area contributed by atoms with Crippen molar-refractivity contribution in [2.75, 3.05) is 20.6 Å². The number of nitrogens with zero attached hydrogens (tertiary/aromatic N) is 1. The van der Waals surface area contributed by atoms with Crippen molar-refractivity contribution in [2.24, 2.45) is 5.92 Å². The molecule has 0 saturated heterocycles. The zero-order valence-electron chi connectivity index (χ0n) is 23.5. The summed E-state index contributed by atoms with van der Waals surface area (Å²) >= 11 is 0. The van der Waals surface area contributed by atoms with Crippen LogP contribution in [-0.4, -0.2) is 37.4 Å². The maximum absolute atomic E-state index is 13.2. The Morgan fingerprint density at radius 3 is 2.19 bits per heavy atom. The minimum Gasteiger partial charge on any atom is -0.455 e. The molecule has 0 aliphatic rings. The van der Waals surface area contributed by atoms with Gasteiger partial charge in [0.25, 0.3) is 0 Å². The van der Waals surface area contributed by atoms with E-state index in [0.29, 0.717) is 6.42 Å². The van der Waals surface area contributed by atoms with Gasteiger partial charge in [-0.1, -0.05) is 101 Å². The highest BCUT2D eigenvalue weighted by Gasteiger charge is 2.30. The van der Waals surface area contributed by atoms with Crippen LogP contribution in [0.25, 0.3) is 0 Å². The van der Waals surface area contributed by atoms with Gasteiger partial charge in [0.2, 0.25) is 6.29 Å². The Bertz CT molecular complexity index is 865. The lowest BCUT2D eigenvalue weighted by atomic mass is 10.0. The van der Waals surface area contributed by atoms with E-state index in [1.165, 1.54) is 43.2 Å². The number of rotatable bonds is 18. The van der Waals surface area contributed by atoms with E-state index in [-0.39, 0.29) is 11.9 Å². The first-order chi connectivity index (χ1) is 17.4. The lowest BCUT2D eigenvalue weighted by Gasteiger charge is -2.33. The molecule has 4 nitrogen and oxygen atoms in total. The van der Waals surface area contributed by atoms with Gasteiger partial charge < -0.3 is 14.0 Å². The molecule has 0 aliphatic carbocycles. The van der Waals surface area contributed by atoms with E-state index in [4.69, 9.17) is 9.47 Å². The third-order valence-electron chi connectivity index (χ3n) is 6.80. The van der Waals surface area contributed by atoms with E-state index >= 15 is 0 Å². The van der Waals surface area contributed by atoms with Gasteiger partial charge in [0.1, 0.15) is 18.2 Å². The Balaban J connectivity index is 1.97. The van der Waals surface area contributed by atoms with E-state index in [1.807, 2.05) is 18.2 Å². The second-order valence-corrected chi connectivity index (χ2v) is 10.8. The van der Waals surface area contributed by atoms with Crippen LogP contribution in [0.4, 0.5) is 0 Å². The van der Waals surface area contributed by atoms with Gasteiger partial charge in [0.05, 0.1) is 20.6 Å². The van der Waals surface area contributed by atoms with Gasteiger partial charge in [-0.3, -0.25) is 4.79 Å². The molecule has 0 aliphatic heterocycles. The summed E-state index contributed by atoms with van der Waals surface area (Å²) in [6.45, 7) is 8.03. The Hall–Kier alpha value is -2.33. The summed E-state index contributed by atoms with van der Waals surface area (Å²) in [6, 6.07) is 18.7. The molecule has 0 N–H and O–H groups in total. The van der Waals surface area contributed by atoms with Crippen molar-refractivity contribution >= 4 is 5.97 Å². The molecule has 2 aromatic rings. The van der Waals surface area contributed by atoms with Crippen LogP contribution in [0.5, 0.6) is 5.75 Å². The average Bonchev–Trinajstić information content (AvgIpc) is 2.86. The fourth-order valence-corrected chi connectivity index (χ4v) is 4.78. The van der Waals surface area contributed by atoms with Crippen molar-refractivity contribution in [3.8, 4) is 5.75 Å². The van der Waals surface area contributed by atoms with Gasteiger partial charge in [-0.15, -0.1) is 0 Å². The summed E-state index contributed by atoms with van der Waals surface area (Å²) in [7, 11) is 4.36. The molecule has 2 aromatic carbocycles. The smallest absolute Gasteiger partial charge is 0.317 e. The Kier molecular flexibility index (Phi) is 13.6. The molecule has 2 rings (SSSR count). The van der Waals surface area contributed by atoms with Crippen LogP contribution < -0.4 is 4.74 Å². The molecule has 0 bridgehead atoms. The van der Waals surface area contributed by atoms with Crippen LogP contribution in [0.15, 0.2) is 54.6 Å². The largest absolute Gasteiger partial charge is 0.455 e. The molecule has 200 valence electrons. The highest BCUT2D eigenvalue weighted by atomic mass is 16.7. The summed E-state index contributed by atoms with van der Waals surface area (Å²) in [5.41, 5.74) is 2.48. The molecule has 2 unspecified atom stereocenters. The summed E-state index contributed by atoms with van der Waals surface area (Å²) < 4.78 is 13.1. The van der Waals surface area contributed by atoms with Crippen molar-refractivity contribution in [3.05, 3.63) is 65.7 Å². The average molecular weight is 497 g/mol. The number of benzene rings is 2. The number of para-hydroxylation sites is 1. The molecule has 0 saturated carbocycles. The number of hydrogen-bond donors (Lipinski definition) is 0. The van der Waals surface area contributed by atoms with Gasteiger partial charge in [0.15, 0.2) is 0 Å². The predicted octanol–water partition coefficient (Wildman–Crippen LogP) is 7.94. The van der Waals surface area contributed by atoms with E-state index < -0.39 is 6.29 Å². The predicted molar refractivity (Wildman–Crippen MR) is 150 cm³/mol. The van der Waals surface area contributed by atoms with Crippen LogP contribution in [0.2, 0.25) is 0 Å². The Morgan fingerprint density at radius 2 is 1.50 bits per heavy atom. The second kappa shape index (κ2) is 16.4. The molecule has 0 fully saturated rings. The van der Waals surface area contributed by atoms with Crippen molar-refractivity contribution in [1.82, 2.24) is 0 Å². The normalized spacial score (nSPS) is 13.2. The standard InChI is InChI=1S/C32H50NO3/c1-6-9-10-11-12-16-22-29-23-17-18-24-30(29)35-31(19-7-2)36-32(34)28(8-3)26-33(4,5)25-27-20-14-13-15-21-27/h13-15,17-18,20-21,23-24,28,31H,6-12,16,19,22,25-26H2,1-5H3/q+1. The zero-order valence-corrected chi connectivity index (χ0v) is 23.5. The second-order valence-electron chi connectivity index (χ2n) is 10.8. The summed E-state index contributed by atoms with van der Waals surface area (Å²) in [5.74, 6) is 0.541. The molecule has 0 spiro atoms. The van der Waals surface area contributed by atoms with Crippen LogP contribution in [0.1, 0.15) is 89.7 Å². The molecule has 0 aromatic heterocycles. The first kappa shape index (κ1) is 29.9. The van der Waals surface area contributed by atoms with Gasteiger partial charge in [-0.05, 0) is 37.3 Å². The van der Waals surface area contributed by atoms with Crippen LogP contribution in [0, 0.1) is 5.92 Å². The van der Waals surface area contributed by atoms with Crippen molar-refractivity contribution in [3.63, 3.8) is 0 Å². The summed E-state index contributed by atoms with van der Waals surface area (Å²) in [5, 5.41) is 0. The maximum Gasteiger partial charge on any atom is 0.317 e. The van der Waals surface area contributed by atoms with Crippen molar-refractivity contribution < 1.29 is 18.8 Å². The van der Waals surface area contributed by atoms with Crippen molar-refractivity contribution in [1.29, 1.82) is 0 Å². The summed E-state index contributed by atoms with van der Waals surface area (Å²) in [6.07, 6.45) is 10.4. The third-order valence-corrected chi connectivity index (χ3v) is 6.80. The number of unbranched alkanes of at least 4 members (excludes halogenated alkanes) is 5. The Morgan fingerprint density at radius 1 is 0.833 bits per heavy atom. The fraction of sp³-hybridized carbons (Fsp3) is 0.594. The Labute approximate surface area is 220 Å². The number of hydrogen-bond acceptors (Lipinski definition) is 3. The number of ether oxygens (including phenoxy) is 2. The number of carbonyl (C=O) groups excluding carboxylic acids is 1. The monoisotopic (exact) mass is 496 g/mol. The fourth-order valence-electron chi connectivity index (χ4n) is 4.78. The van der Waals surface area contributed by atoms with Crippen molar-refractivity contribution in [2.45, 2.75) is 97.8 Å². The SMILES string of the molecule is CCCCCCCCc1ccccc1OC(CCC)OC(=O)C(CC)C[N+](C)(C)Cc1ccccc1. The van der Waals surface area contributed by atoms with Gasteiger partial charge in [0, 0.05) is 12.0 Å². The van der Waals surface area contributed by atoms with Crippen LogP contribution in [-0.2, 0) is 22.5 Å². The van der Waals surface area contributed by atoms with Gasteiger partial charge in [-0.25, -0.2) is 0 Å². The zero-order chi connectivity index (χ0) is 26.2. The van der Waals surface area contributed by atoms with Gasteiger partial charge >= 0.3 is 5.97 Å². The number of quaternary nitrogens is 1. The molecule has 4 heteroatoms. The lowest BCUT2D eigenvalue weighted by Crippen LogP contribution is -2.45. The maximum atomic E-state index is 13.2. The summed E-state index contributed by atoms with van der Waals surface area (Å²) in [4.78, 5) is 13.2. The molecule has 0 radical (unpaired) electrons. The van der Waals surface area contributed by atoms with Crippen LogP contribution >= 0.6 is 0 Å². The number of carbonyl (C=O) groups is 1. The minimum absolute atomic E-state index is 0.149. The number of esters is 1. The van der Waals surface area contributed by atoms with E-state index in [1.54, 1.807) is 0 Å². The molecule has 0 heterocycles. The van der Waals surface area contributed by atoms with Gasteiger partial charge in [-0.2, -0.15) is 0 Å². The van der Waals surface area contributed by atoms with Crippen LogP contribution in [0.3, 0.4) is 0 Å². The number of aryl methyl sites for hydroxylation is 1. The highest BCUT2D eigenvalue weighted by molar-refractivity contribution is 5.72. The molecule has 36 heavy (non-hydrogen) atoms. The quantitative estimate of drug-likeness (QED) is 0.0909. The first-order valence-electron chi connectivity index (χ1n) is 14.2. The van der Waals surface area contributed by atoms with E-state index in [0.717, 1.165) is 49.0 Å². The molecule has 0 amide bonds. The van der Waals surface area contributed by atoms with E-state index in [9.17, 15) is 4.79 Å².